The van der Waals surface area contributed by atoms with Crippen molar-refractivity contribution in [3.05, 3.63) is 40.5 Å². The molecule has 0 atom stereocenters. The Morgan fingerprint density at radius 2 is 1.63 bits per heavy atom. The summed E-state index contributed by atoms with van der Waals surface area (Å²) in [7, 11) is 0. The SMILES string of the molecule is CCCc1cc(/C=C(/C#N)C(C)C)cc(CCC)c1. The van der Waals surface area contributed by atoms with Gasteiger partial charge in [-0.15, -0.1) is 0 Å². The second kappa shape index (κ2) is 7.79. The van der Waals surface area contributed by atoms with Gasteiger partial charge in [0.25, 0.3) is 0 Å². The Bertz CT molecular complexity index is 451. The van der Waals surface area contributed by atoms with Crippen molar-refractivity contribution in [1.82, 2.24) is 0 Å². The fraction of sp³-hybridized carbons (Fsp3) is 0.500. The maximum atomic E-state index is 9.18. The Morgan fingerprint density at radius 1 is 1.11 bits per heavy atom. The van der Waals surface area contributed by atoms with E-state index in [0.29, 0.717) is 0 Å². The van der Waals surface area contributed by atoms with E-state index in [1.807, 2.05) is 6.08 Å². The first-order chi connectivity index (χ1) is 9.10. The number of rotatable bonds is 6. The van der Waals surface area contributed by atoms with E-state index in [2.05, 4.69) is 52.0 Å². The average Bonchev–Trinajstić information content (AvgIpc) is 2.36. The molecule has 0 aliphatic rings. The van der Waals surface area contributed by atoms with Gasteiger partial charge in [0.1, 0.15) is 0 Å². The highest BCUT2D eigenvalue weighted by atomic mass is 14.3. The zero-order valence-corrected chi connectivity index (χ0v) is 12.7. The number of hydrogen-bond acceptors (Lipinski definition) is 1. The molecule has 0 heterocycles. The van der Waals surface area contributed by atoms with E-state index >= 15 is 0 Å². The molecule has 0 fully saturated rings. The maximum Gasteiger partial charge on any atom is 0.0950 e. The summed E-state index contributed by atoms with van der Waals surface area (Å²) in [5, 5.41) is 9.18. The Hall–Kier alpha value is -1.55. The smallest absolute Gasteiger partial charge is 0.0950 e. The van der Waals surface area contributed by atoms with Crippen LogP contribution in [0.3, 0.4) is 0 Å². The molecule has 0 radical (unpaired) electrons. The minimum atomic E-state index is 0.287. The molecule has 102 valence electrons. The van der Waals surface area contributed by atoms with Crippen molar-refractivity contribution in [3.63, 3.8) is 0 Å². The van der Waals surface area contributed by atoms with E-state index in [4.69, 9.17) is 0 Å². The molecule has 0 spiro atoms. The molecule has 1 nitrogen and oxygen atoms in total. The van der Waals surface area contributed by atoms with Crippen molar-refractivity contribution in [2.24, 2.45) is 5.92 Å². The van der Waals surface area contributed by atoms with E-state index in [0.717, 1.165) is 31.3 Å². The highest BCUT2D eigenvalue weighted by molar-refractivity contribution is 5.59. The quantitative estimate of drug-likeness (QED) is 0.644. The number of hydrogen-bond donors (Lipinski definition) is 0. The summed E-state index contributed by atoms with van der Waals surface area (Å²) in [4.78, 5) is 0. The van der Waals surface area contributed by atoms with Gasteiger partial charge in [-0.05, 0) is 41.5 Å². The number of aryl methyl sites for hydroxylation is 2. The van der Waals surface area contributed by atoms with Crippen LogP contribution in [-0.4, -0.2) is 0 Å². The van der Waals surface area contributed by atoms with Gasteiger partial charge in [-0.25, -0.2) is 0 Å². The monoisotopic (exact) mass is 255 g/mol. The van der Waals surface area contributed by atoms with E-state index < -0.39 is 0 Å². The average molecular weight is 255 g/mol. The van der Waals surface area contributed by atoms with Crippen LogP contribution in [0, 0.1) is 17.2 Å². The number of nitrogens with zero attached hydrogens (tertiary/aromatic N) is 1. The first kappa shape index (κ1) is 15.5. The molecular weight excluding hydrogens is 230 g/mol. The Morgan fingerprint density at radius 3 is 2.00 bits per heavy atom. The lowest BCUT2D eigenvalue weighted by Gasteiger charge is -2.08. The largest absolute Gasteiger partial charge is 0.193 e. The van der Waals surface area contributed by atoms with E-state index in [-0.39, 0.29) is 5.92 Å². The van der Waals surface area contributed by atoms with Crippen LogP contribution >= 0.6 is 0 Å². The molecule has 0 aliphatic carbocycles. The van der Waals surface area contributed by atoms with Crippen LogP contribution in [0.4, 0.5) is 0 Å². The molecule has 0 saturated carbocycles. The number of allylic oxidation sites excluding steroid dienone is 1. The van der Waals surface area contributed by atoms with E-state index in [1.165, 1.54) is 16.7 Å². The van der Waals surface area contributed by atoms with Gasteiger partial charge in [-0.3, -0.25) is 0 Å². The van der Waals surface area contributed by atoms with Crippen molar-refractivity contribution in [2.45, 2.75) is 53.4 Å². The highest BCUT2D eigenvalue weighted by Gasteiger charge is 2.04. The fourth-order valence-corrected chi connectivity index (χ4v) is 2.25. The first-order valence-electron chi connectivity index (χ1n) is 7.35. The Kier molecular flexibility index (Phi) is 6.36. The molecule has 1 heteroatoms. The Labute approximate surface area is 118 Å². The molecule has 0 bridgehead atoms. The molecule has 0 saturated heterocycles. The van der Waals surface area contributed by atoms with Gasteiger partial charge in [0, 0.05) is 5.57 Å². The highest BCUT2D eigenvalue weighted by Crippen LogP contribution is 2.19. The van der Waals surface area contributed by atoms with Crippen molar-refractivity contribution >= 4 is 6.08 Å². The van der Waals surface area contributed by atoms with Crippen molar-refractivity contribution in [3.8, 4) is 6.07 Å². The van der Waals surface area contributed by atoms with Gasteiger partial charge in [-0.1, -0.05) is 58.7 Å². The normalized spacial score (nSPS) is 11.7. The second-order valence-corrected chi connectivity index (χ2v) is 5.45. The minimum Gasteiger partial charge on any atom is -0.193 e. The first-order valence-corrected chi connectivity index (χ1v) is 7.35. The summed E-state index contributed by atoms with van der Waals surface area (Å²) >= 11 is 0. The lowest BCUT2D eigenvalue weighted by molar-refractivity contribution is 0.801. The Balaban J connectivity index is 3.15. The third-order valence-electron chi connectivity index (χ3n) is 3.23. The molecule has 1 rings (SSSR count). The predicted molar refractivity (Wildman–Crippen MR) is 82.9 cm³/mol. The minimum absolute atomic E-state index is 0.287. The summed E-state index contributed by atoms with van der Waals surface area (Å²) in [5.74, 6) is 0.287. The summed E-state index contributed by atoms with van der Waals surface area (Å²) < 4.78 is 0. The van der Waals surface area contributed by atoms with Crippen molar-refractivity contribution in [2.75, 3.05) is 0 Å². The molecule has 0 N–H and O–H groups in total. The van der Waals surface area contributed by atoms with Crippen LogP contribution in [-0.2, 0) is 12.8 Å². The summed E-state index contributed by atoms with van der Waals surface area (Å²) in [6.07, 6.45) is 6.59. The molecule has 0 aliphatic heterocycles. The number of nitriles is 1. The van der Waals surface area contributed by atoms with Crippen LogP contribution in [0.25, 0.3) is 6.08 Å². The third kappa shape index (κ3) is 4.91. The van der Waals surface area contributed by atoms with E-state index in [1.54, 1.807) is 0 Å². The van der Waals surface area contributed by atoms with Gasteiger partial charge < -0.3 is 0 Å². The van der Waals surface area contributed by atoms with Crippen LogP contribution in [0.2, 0.25) is 0 Å². The fourth-order valence-electron chi connectivity index (χ4n) is 2.25. The zero-order chi connectivity index (χ0) is 14.3. The molecule has 0 aromatic heterocycles. The zero-order valence-electron chi connectivity index (χ0n) is 12.7. The van der Waals surface area contributed by atoms with Crippen LogP contribution in [0.15, 0.2) is 23.8 Å². The van der Waals surface area contributed by atoms with Gasteiger partial charge >= 0.3 is 0 Å². The lowest BCUT2D eigenvalue weighted by Crippen LogP contribution is -1.94. The predicted octanol–water partition coefficient (Wildman–Crippen LogP) is 5.15. The summed E-state index contributed by atoms with van der Waals surface area (Å²) in [6.45, 7) is 8.55. The summed E-state index contributed by atoms with van der Waals surface area (Å²) in [6, 6.07) is 9.07. The standard InChI is InChI=1S/C18H25N/c1-5-7-15-9-16(8-6-2)11-17(10-15)12-18(13-19)14(3)4/h9-12,14H,5-8H2,1-4H3/b18-12-. The molecule has 0 amide bonds. The maximum absolute atomic E-state index is 9.18. The molecule has 1 aromatic rings. The van der Waals surface area contributed by atoms with Gasteiger partial charge in [-0.2, -0.15) is 5.26 Å². The topological polar surface area (TPSA) is 23.8 Å². The van der Waals surface area contributed by atoms with Crippen LogP contribution in [0.5, 0.6) is 0 Å². The molecule has 19 heavy (non-hydrogen) atoms. The molecule has 0 unspecified atom stereocenters. The summed E-state index contributed by atoms with van der Waals surface area (Å²) in [5.41, 5.74) is 4.82. The number of benzene rings is 1. The van der Waals surface area contributed by atoms with Crippen molar-refractivity contribution < 1.29 is 0 Å². The van der Waals surface area contributed by atoms with Gasteiger partial charge in [0.05, 0.1) is 6.07 Å². The second-order valence-electron chi connectivity index (χ2n) is 5.45. The third-order valence-corrected chi connectivity index (χ3v) is 3.23. The van der Waals surface area contributed by atoms with Gasteiger partial charge in [0.15, 0.2) is 0 Å². The van der Waals surface area contributed by atoms with Crippen LogP contribution in [0.1, 0.15) is 57.2 Å². The van der Waals surface area contributed by atoms with Gasteiger partial charge in [0.2, 0.25) is 0 Å². The molecular formula is C18H25N. The molecule has 1 aromatic carbocycles. The van der Waals surface area contributed by atoms with Crippen molar-refractivity contribution in [1.29, 1.82) is 5.26 Å². The van der Waals surface area contributed by atoms with Crippen LogP contribution < -0.4 is 0 Å². The lowest BCUT2D eigenvalue weighted by atomic mass is 9.96. The van der Waals surface area contributed by atoms with E-state index in [9.17, 15) is 5.26 Å².